The molecule has 1 heterocycles. The number of hydrogen-bond acceptors (Lipinski definition) is 6. The molecule has 2 aromatic rings. The van der Waals surface area contributed by atoms with Gasteiger partial charge >= 0.3 is 0 Å². The molecule has 0 aliphatic carbocycles. The van der Waals surface area contributed by atoms with Gasteiger partial charge in [-0.3, -0.25) is 9.59 Å². The zero-order valence-corrected chi connectivity index (χ0v) is 13.5. The Kier molecular flexibility index (Phi) is 5.31. The molecular formula is C16H20N6O2. The van der Waals surface area contributed by atoms with Crippen LogP contribution in [0.25, 0.3) is 0 Å². The second-order valence-electron chi connectivity index (χ2n) is 5.32. The third-order valence-corrected chi connectivity index (χ3v) is 3.39. The molecule has 24 heavy (non-hydrogen) atoms. The Bertz CT molecular complexity index is 745. The van der Waals surface area contributed by atoms with Crippen LogP contribution in [0.4, 0.5) is 17.3 Å². The number of primary amides is 2. The molecule has 0 spiro atoms. The number of nitrogens with two attached hydrogens (primary N) is 2. The number of benzene rings is 1. The third kappa shape index (κ3) is 4.19. The fraction of sp³-hybridized carbons (Fsp3) is 0.250. The van der Waals surface area contributed by atoms with Crippen LogP contribution in [0.1, 0.15) is 29.4 Å². The Hall–Kier alpha value is -3.16. The van der Waals surface area contributed by atoms with Crippen molar-refractivity contribution in [2.24, 2.45) is 11.5 Å². The van der Waals surface area contributed by atoms with Gasteiger partial charge < -0.3 is 22.1 Å². The summed E-state index contributed by atoms with van der Waals surface area (Å²) >= 11 is 0. The van der Waals surface area contributed by atoms with Crippen LogP contribution in [0.2, 0.25) is 0 Å². The molecular weight excluding hydrogens is 308 g/mol. The Morgan fingerprint density at radius 2 is 1.88 bits per heavy atom. The Morgan fingerprint density at radius 1 is 1.21 bits per heavy atom. The number of carbonyl (C=O) groups excluding carboxylic acids is 2. The van der Waals surface area contributed by atoms with Gasteiger partial charge in [0.15, 0.2) is 11.5 Å². The van der Waals surface area contributed by atoms with Crippen molar-refractivity contribution >= 4 is 29.1 Å². The van der Waals surface area contributed by atoms with E-state index in [1.807, 2.05) is 38.1 Å². The third-order valence-electron chi connectivity index (χ3n) is 3.39. The predicted molar refractivity (Wildman–Crippen MR) is 91.9 cm³/mol. The molecule has 8 heteroatoms. The van der Waals surface area contributed by atoms with Gasteiger partial charge in [-0.15, -0.1) is 0 Å². The van der Waals surface area contributed by atoms with E-state index in [4.69, 9.17) is 11.5 Å². The van der Waals surface area contributed by atoms with Crippen LogP contribution in [0.15, 0.2) is 30.5 Å². The molecule has 0 bridgehead atoms. The van der Waals surface area contributed by atoms with Crippen molar-refractivity contribution in [3.05, 3.63) is 41.7 Å². The molecule has 0 fully saturated rings. The number of nitrogens with zero attached hydrogens (tertiary/aromatic N) is 2. The highest BCUT2D eigenvalue weighted by Gasteiger charge is 2.17. The van der Waals surface area contributed by atoms with Gasteiger partial charge in [-0.2, -0.15) is 0 Å². The van der Waals surface area contributed by atoms with Gasteiger partial charge in [-0.05, 0) is 25.5 Å². The van der Waals surface area contributed by atoms with Crippen LogP contribution in [0.5, 0.6) is 0 Å². The molecule has 1 aromatic carbocycles. The van der Waals surface area contributed by atoms with Crippen LogP contribution < -0.4 is 22.1 Å². The quantitative estimate of drug-likeness (QED) is 0.605. The zero-order valence-electron chi connectivity index (χ0n) is 13.5. The molecule has 1 atom stereocenters. The highest BCUT2D eigenvalue weighted by molar-refractivity contribution is 5.96. The van der Waals surface area contributed by atoms with Gasteiger partial charge in [-0.1, -0.05) is 24.6 Å². The molecule has 126 valence electrons. The van der Waals surface area contributed by atoms with E-state index in [0.717, 1.165) is 11.3 Å². The highest BCUT2D eigenvalue weighted by Crippen LogP contribution is 2.20. The summed E-state index contributed by atoms with van der Waals surface area (Å²) < 4.78 is 0. The minimum absolute atomic E-state index is 0.00764. The molecule has 0 saturated heterocycles. The maximum Gasteiger partial charge on any atom is 0.271 e. The van der Waals surface area contributed by atoms with Crippen molar-refractivity contribution in [2.75, 3.05) is 10.6 Å². The molecule has 0 aliphatic heterocycles. The average Bonchev–Trinajstić information content (AvgIpc) is 2.54. The molecule has 0 aliphatic rings. The number of amides is 2. The predicted octanol–water partition coefficient (Wildman–Crippen LogP) is 1.30. The first-order valence-corrected chi connectivity index (χ1v) is 7.47. The van der Waals surface area contributed by atoms with Crippen molar-refractivity contribution in [1.29, 1.82) is 0 Å². The van der Waals surface area contributed by atoms with Gasteiger partial charge in [0.2, 0.25) is 5.91 Å². The van der Waals surface area contributed by atoms with Crippen LogP contribution in [-0.4, -0.2) is 27.8 Å². The van der Waals surface area contributed by atoms with Crippen LogP contribution >= 0.6 is 0 Å². The van der Waals surface area contributed by atoms with E-state index >= 15 is 0 Å². The smallest absolute Gasteiger partial charge is 0.271 e. The fourth-order valence-electron chi connectivity index (χ4n) is 2.05. The fourth-order valence-corrected chi connectivity index (χ4v) is 2.05. The first-order valence-electron chi connectivity index (χ1n) is 7.47. The molecule has 8 nitrogen and oxygen atoms in total. The highest BCUT2D eigenvalue weighted by atomic mass is 16.1. The SMILES string of the molecule is CCC(Nc1cnc(C(N)=O)c(Nc2ccc(C)cc2)n1)C(N)=O. The summed E-state index contributed by atoms with van der Waals surface area (Å²) in [6, 6.07) is 6.95. The lowest BCUT2D eigenvalue weighted by atomic mass is 10.2. The number of aromatic nitrogens is 2. The van der Waals surface area contributed by atoms with Crippen LogP contribution in [-0.2, 0) is 4.79 Å². The van der Waals surface area contributed by atoms with Crippen molar-refractivity contribution in [2.45, 2.75) is 26.3 Å². The van der Waals surface area contributed by atoms with Crippen LogP contribution in [0, 0.1) is 6.92 Å². The van der Waals surface area contributed by atoms with Crippen molar-refractivity contribution < 1.29 is 9.59 Å². The van der Waals surface area contributed by atoms with Gasteiger partial charge in [0, 0.05) is 5.69 Å². The zero-order chi connectivity index (χ0) is 17.7. The average molecular weight is 328 g/mol. The lowest BCUT2D eigenvalue weighted by Gasteiger charge is -2.15. The second-order valence-corrected chi connectivity index (χ2v) is 5.32. The van der Waals surface area contributed by atoms with E-state index in [2.05, 4.69) is 20.6 Å². The summed E-state index contributed by atoms with van der Waals surface area (Å²) in [7, 11) is 0. The van der Waals surface area contributed by atoms with E-state index in [-0.39, 0.29) is 11.5 Å². The Labute approximate surface area is 139 Å². The van der Waals surface area contributed by atoms with Crippen molar-refractivity contribution in [3.63, 3.8) is 0 Å². The largest absolute Gasteiger partial charge is 0.368 e. The summed E-state index contributed by atoms with van der Waals surface area (Å²) in [6.07, 6.45) is 1.83. The number of anilines is 3. The first-order chi connectivity index (χ1) is 11.4. The summed E-state index contributed by atoms with van der Waals surface area (Å²) in [5.41, 5.74) is 12.5. The topological polar surface area (TPSA) is 136 Å². The van der Waals surface area contributed by atoms with E-state index in [0.29, 0.717) is 12.2 Å². The molecule has 2 amide bonds. The molecule has 2 rings (SSSR count). The summed E-state index contributed by atoms with van der Waals surface area (Å²) in [4.78, 5) is 31.2. The van der Waals surface area contributed by atoms with Gasteiger partial charge in [0.05, 0.1) is 6.20 Å². The standard InChI is InChI=1S/C16H20N6O2/c1-3-11(14(17)23)21-12-8-19-13(15(18)24)16(22-12)20-10-6-4-9(2)5-7-10/h4-8,11H,3H2,1-2H3,(H2,17,23)(H2,18,24)(H2,20,21,22). The number of nitrogens with one attached hydrogen (secondary N) is 2. The lowest BCUT2D eigenvalue weighted by molar-refractivity contribution is -0.118. The van der Waals surface area contributed by atoms with E-state index < -0.39 is 17.9 Å². The van der Waals surface area contributed by atoms with E-state index in [1.54, 1.807) is 0 Å². The van der Waals surface area contributed by atoms with Gasteiger partial charge in [-0.25, -0.2) is 9.97 Å². The maximum atomic E-state index is 11.5. The second kappa shape index (κ2) is 7.40. The number of hydrogen-bond donors (Lipinski definition) is 4. The monoisotopic (exact) mass is 328 g/mol. The van der Waals surface area contributed by atoms with Crippen molar-refractivity contribution in [3.8, 4) is 0 Å². The summed E-state index contributed by atoms with van der Waals surface area (Å²) in [5, 5.41) is 5.90. The molecule has 1 aromatic heterocycles. The first kappa shape index (κ1) is 17.2. The van der Waals surface area contributed by atoms with E-state index in [9.17, 15) is 9.59 Å². The Morgan fingerprint density at radius 3 is 2.42 bits per heavy atom. The van der Waals surface area contributed by atoms with Gasteiger partial charge in [0.1, 0.15) is 11.9 Å². The minimum Gasteiger partial charge on any atom is -0.368 e. The molecule has 1 unspecified atom stereocenters. The molecule has 0 radical (unpaired) electrons. The number of carbonyl (C=O) groups is 2. The maximum absolute atomic E-state index is 11.5. The van der Waals surface area contributed by atoms with Gasteiger partial charge in [0.25, 0.3) is 5.91 Å². The number of rotatable bonds is 7. The lowest BCUT2D eigenvalue weighted by Crippen LogP contribution is -2.35. The molecule has 6 N–H and O–H groups in total. The summed E-state index contributed by atoms with van der Waals surface area (Å²) in [5.74, 6) is -0.673. The van der Waals surface area contributed by atoms with Crippen molar-refractivity contribution in [1.82, 2.24) is 9.97 Å². The molecule has 0 saturated carbocycles. The van der Waals surface area contributed by atoms with Crippen LogP contribution in [0.3, 0.4) is 0 Å². The Balaban J connectivity index is 2.32. The van der Waals surface area contributed by atoms with E-state index in [1.165, 1.54) is 6.20 Å². The number of aryl methyl sites for hydroxylation is 1. The normalized spacial score (nSPS) is 11.6. The minimum atomic E-state index is -0.703. The summed E-state index contributed by atoms with van der Waals surface area (Å²) in [6.45, 7) is 3.79.